The lowest BCUT2D eigenvalue weighted by Gasteiger charge is -2.20. The van der Waals surface area contributed by atoms with Crippen molar-refractivity contribution in [2.75, 3.05) is 13.1 Å². The number of piperidine rings is 1. The number of aromatic nitrogens is 1. The molecule has 23 heavy (non-hydrogen) atoms. The monoisotopic (exact) mass is 333 g/mol. The molecule has 122 valence electrons. The van der Waals surface area contributed by atoms with Crippen molar-refractivity contribution in [3.05, 3.63) is 53.2 Å². The molecule has 2 aromatic rings. The van der Waals surface area contributed by atoms with E-state index in [0.717, 1.165) is 18.7 Å². The number of carboxylic acids is 1. The van der Waals surface area contributed by atoms with E-state index >= 15 is 0 Å². The first-order valence-corrected chi connectivity index (χ1v) is 7.90. The number of hydrogen-bond donors (Lipinski definition) is 2. The van der Waals surface area contributed by atoms with E-state index in [-0.39, 0.29) is 5.69 Å². The summed E-state index contributed by atoms with van der Waals surface area (Å²) in [6.45, 7) is 2.19. The maximum Gasteiger partial charge on any atom is 0.354 e. The van der Waals surface area contributed by atoms with Crippen LogP contribution in [0.1, 0.15) is 29.8 Å². The highest BCUT2D eigenvalue weighted by Crippen LogP contribution is 2.20. The van der Waals surface area contributed by atoms with Crippen LogP contribution < -0.4 is 5.84 Å². The van der Waals surface area contributed by atoms with Crippen LogP contribution >= 0.6 is 11.6 Å². The molecular weight excluding hydrogens is 314 g/mol. The molecule has 0 unspecified atom stereocenters. The number of nitrogens with two attached hydrogens (primary N) is 1. The van der Waals surface area contributed by atoms with Gasteiger partial charge >= 0.3 is 5.97 Å². The van der Waals surface area contributed by atoms with E-state index in [9.17, 15) is 4.79 Å². The number of aromatic carboxylic acids is 1. The summed E-state index contributed by atoms with van der Waals surface area (Å²) in [6.07, 6.45) is 3.95. The summed E-state index contributed by atoms with van der Waals surface area (Å²) in [5.74, 6) is 4.43. The average molecular weight is 334 g/mol. The Labute approximate surface area is 140 Å². The zero-order valence-corrected chi connectivity index (χ0v) is 13.5. The van der Waals surface area contributed by atoms with Gasteiger partial charge in [0.2, 0.25) is 0 Å². The van der Waals surface area contributed by atoms with Crippen LogP contribution in [0.2, 0.25) is 5.02 Å². The van der Waals surface area contributed by atoms with E-state index in [1.54, 1.807) is 30.3 Å². The van der Waals surface area contributed by atoms with Crippen molar-refractivity contribution in [3.63, 3.8) is 0 Å². The van der Waals surface area contributed by atoms with Gasteiger partial charge in [0.25, 0.3) is 0 Å². The van der Waals surface area contributed by atoms with E-state index in [1.807, 2.05) is 11.1 Å². The first-order valence-electron chi connectivity index (χ1n) is 7.52. The minimum absolute atomic E-state index is 0.0254. The largest absolute Gasteiger partial charge is 0.477 e. The number of hydrogen-bond acceptors (Lipinski definition) is 4. The molecule has 0 aliphatic carbocycles. The predicted molar refractivity (Wildman–Crippen MR) is 91.3 cm³/mol. The van der Waals surface area contributed by atoms with E-state index in [2.05, 4.69) is 4.98 Å². The second-order valence-electron chi connectivity index (χ2n) is 5.32. The molecule has 2 heterocycles. The molecule has 1 saturated heterocycles. The highest BCUT2D eigenvalue weighted by molar-refractivity contribution is 6.30. The van der Waals surface area contributed by atoms with Gasteiger partial charge in [0, 0.05) is 23.7 Å². The van der Waals surface area contributed by atoms with Crippen LogP contribution in [0.5, 0.6) is 0 Å². The number of carboxylic acid groups (broad SMARTS) is 1. The molecule has 0 atom stereocenters. The number of halogens is 1. The standard InChI is InChI=1S/C12H8ClNO2.C5H12N2/c13-9-4-1-3-8(7-9)10-5-2-6-11(14-10)12(15)16;6-7-4-2-1-3-5-7/h1-7H,(H,15,16);1-6H2. The summed E-state index contributed by atoms with van der Waals surface area (Å²) in [5.41, 5.74) is 1.43. The number of carbonyl (C=O) groups is 1. The van der Waals surface area contributed by atoms with Crippen molar-refractivity contribution in [1.29, 1.82) is 0 Å². The van der Waals surface area contributed by atoms with Gasteiger partial charge in [-0.1, -0.05) is 36.2 Å². The summed E-state index contributed by atoms with van der Waals surface area (Å²) < 4.78 is 0. The van der Waals surface area contributed by atoms with Gasteiger partial charge in [-0.15, -0.1) is 0 Å². The van der Waals surface area contributed by atoms with Crippen molar-refractivity contribution >= 4 is 17.6 Å². The van der Waals surface area contributed by atoms with Crippen LogP contribution in [0, 0.1) is 0 Å². The summed E-state index contributed by atoms with van der Waals surface area (Å²) in [7, 11) is 0. The van der Waals surface area contributed by atoms with Crippen molar-refractivity contribution in [2.24, 2.45) is 5.84 Å². The fourth-order valence-electron chi connectivity index (χ4n) is 2.28. The molecule has 0 radical (unpaired) electrons. The normalized spacial score (nSPS) is 14.7. The van der Waals surface area contributed by atoms with Crippen LogP contribution in [0.3, 0.4) is 0 Å². The molecule has 1 fully saturated rings. The van der Waals surface area contributed by atoms with Crippen molar-refractivity contribution in [2.45, 2.75) is 19.3 Å². The molecule has 6 heteroatoms. The average Bonchev–Trinajstić information content (AvgIpc) is 2.56. The van der Waals surface area contributed by atoms with E-state index in [0.29, 0.717) is 10.7 Å². The third-order valence-corrected chi connectivity index (χ3v) is 3.71. The zero-order valence-electron chi connectivity index (χ0n) is 12.8. The van der Waals surface area contributed by atoms with Gasteiger partial charge in [-0.05, 0) is 37.1 Å². The minimum atomic E-state index is -1.04. The first kappa shape index (κ1) is 17.4. The fourth-order valence-corrected chi connectivity index (χ4v) is 2.47. The van der Waals surface area contributed by atoms with Gasteiger partial charge in [0.1, 0.15) is 5.69 Å². The highest BCUT2D eigenvalue weighted by Gasteiger charge is 2.06. The second kappa shape index (κ2) is 8.62. The lowest BCUT2D eigenvalue weighted by atomic mass is 10.1. The summed E-state index contributed by atoms with van der Waals surface area (Å²) in [5, 5.41) is 11.3. The molecule has 1 aromatic heterocycles. The van der Waals surface area contributed by atoms with Crippen LogP contribution in [0.25, 0.3) is 11.3 Å². The van der Waals surface area contributed by atoms with Gasteiger partial charge in [-0.3, -0.25) is 5.84 Å². The maximum absolute atomic E-state index is 10.8. The summed E-state index contributed by atoms with van der Waals surface area (Å²) in [6, 6.07) is 12.0. The molecule has 5 nitrogen and oxygen atoms in total. The number of hydrazine groups is 1. The van der Waals surface area contributed by atoms with Crippen molar-refractivity contribution in [1.82, 2.24) is 9.99 Å². The lowest BCUT2D eigenvalue weighted by Crippen LogP contribution is -2.35. The first-order chi connectivity index (χ1) is 11.1. The predicted octanol–water partition coefficient (Wildman–Crippen LogP) is 3.45. The van der Waals surface area contributed by atoms with Crippen LogP contribution in [0.15, 0.2) is 42.5 Å². The molecule has 0 bridgehead atoms. The third kappa shape index (κ3) is 5.63. The van der Waals surface area contributed by atoms with Crippen LogP contribution in [-0.2, 0) is 0 Å². The van der Waals surface area contributed by atoms with Gasteiger partial charge in [-0.2, -0.15) is 0 Å². The molecular formula is C17H20ClN3O2. The molecule has 3 rings (SSSR count). The van der Waals surface area contributed by atoms with Crippen molar-refractivity contribution in [3.8, 4) is 11.3 Å². The third-order valence-electron chi connectivity index (χ3n) is 3.48. The maximum atomic E-state index is 10.8. The molecule has 0 saturated carbocycles. The molecule has 1 aliphatic rings. The van der Waals surface area contributed by atoms with Crippen LogP contribution in [0.4, 0.5) is 0 Å². The fraction of sp³-hybridized carbons (Fsp3) is 0.294. The Morgan fingerprint density at radius 1 is 1.13 bits per heavy atom. The summed E-state index contributed by atoms with van der Waals surface area (Å²) >= 11 is 5.85. The van der Waals surface area contributed by atoms with Crippen molar-refractivity contribution < 1.29 is 9.90 Å². The van der Waals surface area contributed by atoms with E-state index in [1.165, 1.54) is 25.3 Å². The van der Waals surface area contributed by atoms with E-state index < -0.39 is 5.97 Å². The van der Waals surface area contributed by atoms with Gasteiger partial charge in [0.05, 0.1) is 5.69 Å². The number of pyridine rings is 1. The SMILES string of the molecule is NN1CCCCC1.O=C(O)c1cccc(-c2cccc(Cl)c2)n1. The zero-order chi connectivity index (χ0) is 16.7. The van der Waals surface area contributed by atoms with Gasteiger partial charge in [-0.25, -0.2) is 14.8 Å². The molecule has 0 amide bonds. The quantitative estimate of drug-likeness (QED) is 0.823. The molecule has 1 aliphatic heterocycles. The van der Waals surface area contributed by atoms with Gasteiger partial charge < -0.3 is 5.11 Å². The molecule has 1 aromatic carbocycles. The number of rotatable bonds is 2. The Hall–Kier alpha value is -1.95. The summed E-state index contributed by atoms with van der Waals surface area (Å²) in [4.78, 5) is 14.8. The Morgan fingerprint density at radius 2 is 1.83 bits per heavy atom. The smallest absolute Gasteiger partial charge is 0.354 e. The van der Waals surface area contributed by atoms with E-state index in [4.69, 9.17) is 22.6 Å². The Bertz CT molecular complexity index is 658. The van der Waals surface area contributed by atoms with Crippen LogP contribution in [-0.4, -0.2) is 34.2 Å². The minimum Gasteiger partial charge on any atom is -0.477 e. The Morgan fingerprint density at radius 3 is 2.39 bits per heavy atom. The molecule has 0 spiro atoms. The Balaban J connectivity index is 0.000000229. The topological polar surface area (TPSA) is 79.5 Å². The number of benzene rings is 1. The number of nitrogens with zero attached hydrogens (tertiary/aromatic N) is 2. The molecule has 3 N–H and O–H groups in total. The highest BCUT2D eigenvalue weighted by atomic mass is 35.5. The lowest BCUT2D eigenvalue weighted by molar-refractivity contribution is 0.0690. The Kier molecular flexibility index (Phi) is 6.52. The second-order valence-corrected chi connectivity index (χ2v) is 5.76. The van der Waals surface area contributed by atoms with Gasteiger partial charge in [0.15, 0.2) is 0 Å².